The third kappa shape index (κ3) is 3.67. The van der Waals surface area contributed by atoms with E-state index < -0.39 is 9.84 Å². The highest BCUT2D eigenvalue weighted by Crippen LogP contribution is 2.20. The molecule has 0 spiro atoms. The molecule has 0 aromatic heterocycles. The van der Waals surface area contributed by atoms with E-state index in [9.17, 15) is 13.2 Å². The van der Waals surface area contributed by atoms with E-state index in [1.54, 1.807) is 4.90 Å². The van der Waals surface area contributed by atoms with Crippen molar-refractivity contribution in [3.63, 3.8) is 0 Å². The summed E-state index contributed by atoms with van der Waals surface area (Å²) in [6, 6.07) is -0.489. The van der Waals surface area contributed by atoms with Crippen molar-refractivity contribution in [3.8, 4) is 0 Å². The molecular formula is C12H22N2O4S. The number of aliphatic hydroxyl groups excluding tert-OH is 1. The highest BCUT2D eigenvalue weighted by molar-refractivity contribution is 7.91. The van der Waals surface area contributed by atoms with Gasteiger partial charge in [-0.25, -0.2) is 8.42 Å². The molecule has 1 unspecified atom stereocenters. The third-order valence-corrected chi connectivity index (χ3v) is 5.63. The maximum atomic E-state index is 12.4. The molecule has 0 aliphatic carbocycles. The number of sulfone groups is 1. The monoisotopic (exact) mass is 290 g/mol. The van der Waals surface area contributed by atoms with Crippen LogP contribution in [0, 0.1) is 0 Å². The molecule has 2 atom stereocenters. The molecule has 2 rings (SSSR count). The molecule has 1 amide bonds. The smallest absolute Gasteiger partial charge is 0.240 e. The van der Waals surface area contributed by atoms with Gasteiger partial charge < -0.3 is 15.3 Å². The lowest BCUT2D eigenvalue weighted by Gasteiger charge is -2.33. The standard InChI is InChI=1S/C12H22N2O4S/c15-7-6-14(10-4-8-19(17,18)9-10)12(16)11-3-1-2-5-13-11/h10-11,13,15H,1-9H2/t10?,11-/m1/s1. The van der Waals surface area contributed by atoms with Gasteiger partial charge in [-0.2, -0.15) is 0 Å². The molecule has 2 aliphatic heterocycles. The van der Waals surface area contributed by atoms with Crippen LogP contribution in [0.2, 0.25) is 0 Å². The van der Waals surface area contributed by atoms with E-state index in [4.69, 9.17) is 5.11 Å². The number of amides is 1. The fraction of sp³-hybridized carbons (Fsp3) is 0.917. The summed E-state index contributed by atoms with van der Waals surface area (Å²) in [5, 5.41) is 12.3. The Bertz CT molecular complexity index is 417. The van der Waals surface area contributed by atoms with Gasteiger partial charge in [0.05, 0.1) is 24.2 Å². The summed E-state index contributed by atoms with van der Waals surface area (Å²) in [7, 11) is -3.02. The van der Waals surface area contributed by atoms with Crippen LogP contribution in [-0.4, -0.2) is 67.6 Å². The van der Waals surface area contributed by atoms with E-state index in [1.807, 2.05) is 0 Å². The zero-order valence-corrected chi connectivity index (χ0v) is 11.9. The van der Waals surface area contributed by atoms with Crippen LogP contribution < -0.4 is 5.32 Å². The van der Waals surface area contributed by atoms with E-state index in [0.717, 1.165) is 25.8 Å². The van der Waals surface area contributed by atoms with Crippen LogP contribution in [0.15, 0.2) is 0 Å². The molecule has 0 aromatic carbocycles. The first-order valence-electron chi connectivity index (χ1n) is 6.88. The van der Waals surface area contributed by atoms with Crippen molar-refractivity contribution in [2.45, 2.75) is 37.8 Å². The fourth-order valence-corrected chi connectivity index (χ4v) is 4.60. The molecule has 6 nitrogen and oxygen atoms in total. The summed E-state index contributed by atoms with van der Waals surface area (Å²) in [6.07, 6.45) is 3.36. The molecule has 110 valence electrons. The Morgan fingerprint density at radius 2 is 2.11 bits per heavy atom. The van der Waals surface area contributed by atoms with Crippen LogP contribution >= 0.6 is 0 Å². The summed E-state index contributed by atoms with van der Waals surface area (Å²) in [4.78, 5) is 14.0. The Hall–Kier alpha value is -0.660. The highest BCUT2D eigenvalue weighted by Gasteiger charge is 2.36. The van der Waals surface area contributed by atoms with E-state index in [0.29, 0.717) is 6.42 Å². The van der Waals surface area contributed by atoms with Crippen molar-refractivity contribution < 1.29 is 18.3 Å². The van der Waals surface area contributed by atoms with Crippen LogP contribution in [0.25, 0.3) is 0 Å². The molecule has 2 N–H and O–H groups in total. The van der Waals surface area contributed by atoms with Crippen LogP contribution in [0.1, 0.15) is 25.7 Å². The van der Waals surface area contributed by atoms with Gasteiger partial charge in [0.2, 0.25) is 5.91 Å². The van der Waals surface area contributed by atoms with Crippen LogP contribution in [0.3, 0.4) is 0 Å². The second-order valence-electron chi connectivity index (χ2n) is 5.31. The van der Waals surface area contributed by atoms with Crippen LogP contribution in [0.5, 0.6) is 0 Å². The number of carbonyl (C=O) groups excluding carboxylic acids is 1. The van der Waals surface area contributed by atoms with Gasteiger partial charge in [-0.05, 0) is 25.8 Å². The molecule has 2 fully saturated rings. The first kappa shape index (κ1) is 14.7. The molecule has 0 bridgehead atoms. The van der Waals surface area contributed by atoms with Crippen LogP contribution in [-0.2, 0) is 14.6 Å². The Morgan fingerprint density at radius 3 is 2.63 bits per heavy atom. The fourth-order valence-electron chi connectivity index (χ4n) is 2.86. The molecule has 2 aliphatic rings. The maximum Gasteiger partial charge on any atom is 0.240 e. The topological polar surface area (TPSA) is 86.7 Å². The van der Waals surface area contributed by atoms with E-state index >= 15 is 0 Å². The lowest BCUT2D eigenvalue weighted by atomic mass is 10.0. The number of rotatable bonds is 4. The zero-order chi connectivity index (χ0) is 13.9. The van der Waals surface area contributed by atoms with Gasteiger partial charge in [0.1, 0.15) is 0 Å². The molecule has 0 saturated carbocycles. The predicted octanol–water partition coefficient (Wildman–Crippen LogP) is -0.863. The van der Waals surface area contributed by atoms with Crippen molar-refractivity contribution in [1.29, 1.82) is 0 Å². The normalized spacial score (nSPS) is 30.2. The SMILES string of the molecule is O=C([C@H]1CCCCN1)N(CCO)C1CCS(=O)(=O)C1. The Kier molecular flexibility index (Phi) is 4.81. The zero-order valence-electron chi connectivity index (χ0n) is 11.0. The lowest BCUT2D eigenvalue weighted by Crippen LogP contribution is -2.53. The Morgan fingerprint density at radius 1 is 1.32 bits per heavy atom. The molecule has 7 heteroatoms. The largest absolute Gasteiger partial charge is 0.395 e. The number of nitrogens with zero attached hydrogens (tertiary/aromatic N) is 1. The van der Waals surface area contributed by atoms with Gasteiger partial charge in [0.25, 0.3) is 0 Å². The van der Waals surface area contributed by atoms with Crippen LogP contribution in [0.4, 0.5) is 0 Å². The van der Waals surface area contributed by atoms with E-state index in [-0.39, 0.29) is 42.6 Å². The molecule has 0 aromatic rings. The average molecular weight is 290 g/mol. The molecule has 2 saturated heterocycles. The number of aliphatic hydroxyl groups is 1. The Balaban J connectivity index is 2.04. The van der Waals surface area contributed by atoms with Crippen molar-refractivity contribution in [2.75, 3.05) is 31.2 Å². The van der Waals surface area contributed by atoms with Crippen molar-refractivity contribution in [1.82, 2.24) is 10.2 Å². The predicted molar refractivity (Wildman–Crippen MR) is 71.5 cm³/mol. The minimum absolute atomic E-state index is 0.0332. The van der Waals surface area contributed by atoms with Gasteiger partial charge in [-0.15, -0.1) is 0 Å². The summed E-state index contributed by atoms with van der Waals surface area (Å²) in [5.41, 5.74) is 0. The number of hydrogen-bond acceptors (Lipinski definition) is 5. The van der Waals surface area contributed by atoms with Gasteiger partial charge in [0.15, 0.2) is 9.84 Å². The molecular weight excluding hydrogens is 268 g/mol. The van der Waals surface area contributed by atoms with E-state index in [2.05, 4.69) is 5.32 Å². The highest BCUT2D eigenvalue weighted by atomic mass is 32.2. The lowest BCUT2D eigenvalue weighted by molar-refractivity contribution is -0.136. The second-order valence-corrected chi connectivity index (χ2v) is 7.54. The first-order chi connectivity index (χ1) is 9.03. The summed E-state index contributed by atoms with van der Waals surface area (Å²) in [6.45, 7) is 0.915. The number of nitrogens with one attached hydrogen (secondary N) is 1. The van der Waals surface area contributed by atoms with Gasteiger partial charge >= 0.3 is 0 Å². The second kappa shape index (κ2) is 6.19. The van der Waals surface area contributed by atoms with E-state index in [1.165, 1.54) is 0 Å². The first-order valence-corrected chi connectivity index (χ1v) is 8.71. The van der Waals surface area contributed by atoms with Crippen molar-refractivity contribution in [3.05, 3.63) is 0 Å². The third-order valence-electron chi connectivity index (χ3n) is 3.88. The quantitative estimate of drug-likeness (QED) is 0.703. The van der Waals surface area contributed by atoms with Crippen molar-refractivity contribution >= 4 is 15.7 Å². The van der Waals surface area contributed by atoms with Gasteiger partial charge in [0, 0.05) is 12.6 Å². The minimum Gasteiger partial charge on any atom is -0.395 e. The molecule has 2 heterocycles. The number of hydrogen-bond donors (Lipinski definition) is 2. The van der Waals surface area contributed by atoms with Gasteiger partial charge in [-0.1, -0.05) is 6.42 Å². The van der Waals surface area contributed by atoms with Crippen molar-refractivity contribution in [2.24, 2.45) is 0 Å². The summed E-state index contributed by atoms with van der Waals surface area (Å²) < 4.78 is 23.1. The molecule has 19 heavy (non-hydrogen) atoms. The minimum atomic E-state index is -3.02. The number of piperidine rings is 1. The number of carbonyl (C=O) groups is 1. The Labute approximate surface area is 114 Å². The summed E-state index contributed by atoms with van der Waals surface area (Å²) >= 11 is 0. The average Bonchev–Trinajstić information content (AvgIpc) is 2.76. The van der Waals surface area contributed by atoms with Gasteiger partial charge in [-0.3, -0.25) is 4.79 Å². The molecule has 0 radical (unpaired) electrons. The summed E-state index contributed by atoms with van der Waals surface area (Å²) in [5.74, 6) is 0.118. The maximum absolute atomic E-state index is 12.4.